The molecule has 3 nitrogen and oxygen atoms in total. The van der Waals surface area contributed by atoms with E-state index in [-0.39, 0.29) is 11.8 Å². The normalized spacial score (nSPS) is 16.7. The predicted octanol–water partition coefficient (Wildman–Crippen LogP) is 3.38. The van der Waals surface area contributed by atoms with Crippen LogP contribution in [-0.2, 0) is 6.42 Å². The Labute approximate surface area is 110 Å². The second-order valence-corrected chi connectivity index (χ2v) is 5.75. The van der Waals surface area contributed by atoms with Crippen LogP contribution in [0, 0.1) is 6.92 Å². The standard InChI is InChI=1S/C14H16N2OS/c1-9-8-18-14(15-9)10(2)16-7-6-11-12(16)4-3-5-13(11)17/h6-8,10H,3-5H2,1-2H3. The van der Waals surface area contributed by atoms with Crippen molar-refractivity contribution in [1.29, 1.82) is 0 Å². The zero-order valence-electron chi connectivity index (χ0n) is 10.6. The van der Waals surface area contributed by atoms with E-state index in [9.17, 15) is 4.79 Å². The molecule has 0 aliphatic heterocycles. The zero-order valence-corrected chi connectivity index (χ0v) is 11.5. The lowest BCUT2D eigenvalue weighted by Crippen LogP contribution is -2.15. The largest absolute Gasteiger partial charge is 0.341 e. The highest BCUT2D eigenvalue weighted by atomic mass is 32.1. The molecule has 3 rings (SSSR count). The minimum atomic E-state index is 0.221. The van der Waals surface area contributed by atoms with Crippen molar-refractivity contribution in [3.05, 3.63) is 39.6 Å². The van der Waals surface area contributed by atoms with E-state index in [1.54, 1.807) is 11.3 Å². The molecular formula is C14H16N2OS. The van der Waals surface area contributed by atoms with Crippen LogP contribution in [0.15, 0.2) is 17.6 Å². The van der Waals surface area contributed by atoms with Gasteiger partial charge in [0.25, 0.3) is 0 Å². The van der Waals surface area contributed by atoms with Crippen LogP contribution in [0.5, 0.6) is 0 Å². The van der Waals surface area contributed by atoms with Crippen LogP contribution in [0.3, 0.4) is 0 Å². The Morgan fingerprint density at radius 3 is 3.00 bits per heavy atom. The molecule has 4 heteroatoms. The summed E-state index contributed by atoms with van der Waals surface area (Å²) in [4.78, 5) is 16.4. The van der Waals surface area contributed by atoms with E-state index >= 15 is 0 Å². The molecule has 1 atom stereocenters. The highest BCUT2D eigenvalue weighted by Gasteiger charge is 2.23. The van der Waals surface area contributed by atoms with E-state index in [2.05, 4.69) is 21.9 Å². The van der Waals surface area contributed by atoms with E-state index in [1.165, 1.54) is 5.69 Å². The van der Waals surface area contributed by atoms with Gasteiger partial charge in [-0.15, -0.1) is 11.3 Å². The van der Waals surface area contributed by atoms with Crippen LogP contribution >= 0.6 is 11.3 Å². The van der Waals surface area contributed by atoms with Gasteiger partial charge in [-0.1, -0.05) is 0 Å². The number of hydrogen-bond acceptors (Lipinski definition) is 3. The summed E-state index contributed by atoms with van der Waals surface area (Å²) in [5, 5.41) is 3.19. The molecule has 0 amide bonds. The number of Topliss-reactive ketones (excluding diaryl/α,β-unsaturated/α-hetero) is 1. The van der Waals surface area contributed by atoms with Crippen LogP contribution in [-0.4, -0.2) is 15.3 Å². The zero-order chi connectivity index (χ0) is 12.7. The van der Waals surface area contributed by atoms with E-state index < -0.39 is 0 Å². The average Bonchev–Trinajstić information content (AvgIpc) is 2.95. The van der Waals surface area contributed by atoms with Gasteiger partial charge in [0.1, 0.15) is 5.01 Å². The molecule has 1 aliphatic rings. The smallest absolute Gasteiger partial charge is 0.164 e. The van der Waals surface area contributed by atoms with Crippen molar-refractivity contribution >= 4 is 17.1 Å². The van der Waals surface area contributed by atoms with Gasteiger partial charge in [0, 0.05) is 34.9 Å². The highest BCUT2D eigenvalue weighted by molar-refractivity contribution is 7.09. The van der Waals surface area contributed by atoms with Gasteiger partial charge in [-0.2, -0.15) is 0 Å². The van der Waals surface area contributed by atoms with Crippen LogP contribution in [0.2, 0.25) is 0 Å². The third-order valence-electron chi connectivity index (χ3n) is 3.55. The monoisotopic (exact) mass is 260 g/mol. The number of nitrogens with zero attached hydrogens (tertiary/aromatic N) is 2. The number of rotatable bonds is 2. The van der Waals surface area contributed by atoms with E-state index in [0.717, 1.165) is 29.1 Å². The number of hydrogen-bond donors (Lipinski definition) is 0. The van der Waals surface area contributed by atoms with Crippen LogP contribution in [0.25, 0.3) is 0 Å². The molecule has 1 aliphatic carbocycles. The maximum atomic E-state index is 11.8. The lowest BCUT2D eigenvalue weighted by atomic mass is 9.96. The van der Waals surface area contributed by atoms with Crippen molar-refractivity contribution in [2.24, 2.45) is 0 Å². The fourth-order valence-electron chi connectivity index (χ4n) is 2.59. The lowest BCUT2D eigenvalue weighted by Gasteiger charge is -2.19. The SMILES string of the molecule is Cc1csc(C(C)n2ccc3c2CCCC3=O)n1. The maximum Gasteiger partial charge on any atom is 0.164 e. The molecule has 0 aromatic carbocycles. The van der Waals surface area contributed by atoms with E-state index in [1.807, 2.05) is 19.2 Å². The van der Waals surface area contributed by atoms with Gasteiger partial charge in [-0.3, -0.25) is 4.79 Å². The molecule has 2 aromatic rings. The predicted molar refractivity (Wildman–Crippen MR) is 72.4 cm³/mol. The van der Waals surface area contributed by atoms with Gasteiger partial charge >= 0.3 is 0 Å². The summed E-state index contributed by atoms with van der Waals surface area (Å²) in [5.74, 6) is 0.289. The van der Waals surface area contributed by atoms with Crippen molar-refractivity contribution in [3.8, 4) is 0 Å². The molecule has 0 saturated carbocycles. The maximum absolute atomic E-state index is 11.8. The molecule has 0 radical (unpaired) electrons. The fraction of sp³-hybridized carbons (Fsp3) is 0.429. The minimum absolute atomic E-state index is 0.221. The number of aromatic nitrogens is 2. The van der Waals surface area contributed by atoms with Gasteiger partial charge in [0.15, 0.2) is 5.78 Å². The van der Waals surface area contributed by atoms with Gasteiger partial charge < -0.3 is 4.57 Å². The molecule has 1 unspecified atom stereocenters. The third-order valence-corrected chi connectivity index (χ3v) is 4.69. The van der Waals surface area contributed by atoms with Gasteiger partial charge in [-0.05, 0) is 32.8 Å². The summed E-state index contributed by atoms with van der Waals surface area (Å²) in [7, 11) is 0. The Morgan fingerprint density at radius 2 is 2.28 bits per heavy atom. The van der Waals surface area contributed by atoms with Crippen molar-refractivity contribution in [3.63, 3.8) is 0 Å². The molecule has 2 heterocycles. The second-order valence-electron chi connectivity index (χ2n) is 4.86. The van der Waals surface area contributed by atoms with Crippen molar-refractivity contribution in [2.45, 2.75) is 39.2 Å². The van der Waals surface area contributed by atoms with Crippen molar-refractivity contribution < 1.29 is 4.79 Å². The average molecular weight is 260 g/mol. The number of aryl methyl sites for hydroxylation is 1. The molecule has 0 spiro atoms. The first-order valence-corrected chi connectivity index (χ1v) is 7.19. The molecule has 0 fully saturated rings. The molecule has 0 saturated heterocycles. The Morgan fingerprint density at radius 1 is 1.44 bits per heavy atom. The van der Waals surface area contributed by atoms with E-state index in [4.69, 9.17) is 0 Å². The topological polar surface area (TPSA) is 34.9 Å². The summed E-state index contributed by atoms with van der Waals surface area (Å²) in [6.07, 6.45) is 4.71. The lowest BCUT2D eigenvalue weighted by molar-refractivity contribution is 0.0971. The molecule has 2 aromatic heterocycles. The van der Waals surface area contributed by atoms with E-state index in [0.29, 0.717) is 6.42 Å². The number of carbonyl (C=O) groups is 1. The first-order chi connectivity index (χ1) is 8.66. The molecule has 18 heavy (non-hydrogen) atoms. The minimum Gasteiger partial charge on any atom is -0.341 e. The Bertz CT molecular complexity index is 597. The molecule has 0 bridgehead atoms. The first-order valence-electron chi connectivity index (χ1n) is 6.31. The first kappa shape index (κ1) is 11.7. The summed E-state index contributed by atoms with van der Waals surface area (Å²) >= 11 is 1.69. The molecule has 0 N–H and O–H groups in total. The number of fused-ring (bicyclic) bond motifs is 1. The van der Waals surface area contributed by atoms with Crippen LogP contribution in [0.4, 0.5) is 0 Å². The fourth-order valence-corrected chi connectivity index (χ4v) is 3.45. The van der Waals surface area contributed by atoms with Gasteiger partial charge in [-0.25, -0.2) is 4.98 Å². The molecule has 94 valence electrons. The quantitative estimate of drug-likeness (QED) is 0.829. The van der Waals surface area contributed by atoms with Crippen molar-refractivity contribution in [2.75, 3.05) is 0 Å². The molecular weight excluding hydrogens is 244 g/mol. The highest BCUT2D eigenvalue weighted by Crippen LogP contribution is 2.29. The Hall–Kier alpha value is -1.42. The number of thiazole rings is 1. The summed E-state index contributed by atoms with van der Waals surface area (Å²) < 4.78 is 2.21. The van der Waals surface area contributed by atoms with Gasteiger partial charge in [0.05, 0.1) is 6.04 Å². The third kappa shape index (κ3) is 1.81. The summed E-state index contributed by atoms with van der Waals surface area (Å²) in [5.41, 5.74) is 3.17. The number of ketones is 1. The number of carbonyl (C=O) groups excluding carboxylic acids is 1. The van der Waals surface area contributed by atoms with Crippen LogP contribution < -0.4 is 0 Å². The van der Waals surface area contributed by atoms with Crippen LogP contribution in [0.1, 0.15) is 52.6 Å². The summed E-state index contributed by atoms with van der Waals surface area (Å²) in [6.45, 7) is 4.17. The Kier molecular flexibility index (Phi) is 2.82. The summed E-state index contributed by atoms with van der Waals surface area (Å²) in [6, 6.07) is 2.19. The van der Waals surface area contributed by atoms with Gasteiger partial charge in [0.2, 0.25) is 0 Å². The second kappa shape index (κ2) is 4.35. The Balaban J connectivity index is 2.00. The van der Waals surface area contributed by atoms with Crippen molar-refractivity contribution in [1.82, 2.24) is 9.55 Å².